The van der Waals surface area contributed by atoms with Crippen LogP contribution in [0, 0.1) is 6.92 Å². The van der Waals surface area contributed by atoms with Crippen LogP contribution in [0.2, 0.25) is 0 Å². The molecule has 140 valence electrons. The van der Waals surface area contributed by atoms with Crippen molar-refractivity contribution in [2.75, 3.05) is 13.4 Å². The Bertz CT molecular complexity index is 892. The molecule has 0 bridgehead atoms. The summed E-state index contributed by atoms with van der Waals surface area (Å²) in [4.78, 5) is 36.4. The second kappa shape index (κ2) is 7.90. The summed E-state index contributed by atoms with van der Waals surface area (Å²) in [5.41, 5.74) is 1.74. The SMILES string of the molecule is Cc1cccc(C(=O)N[C@@H](C)C(=O)OCC(=O)c2ccc3c(c2)OCO3)c1. The first-order valence-corrected chi connectivity index (χ1v) is 8.41. The zero-order chi connectivity index (χ0) is 19.4. The van der Waals surface area contributed by atoms with Gasteiger partial charge < -0.3 is 19.5 Å². The summed E-state index contributed by atoms with van der Waals surface area (Å²) in [6, 6.07) is 10.9. The van der Waals surface area contributed by atoms with E-state index in [-0.39, 0.29) is 18.5 Å². The minimum Gasteiger partial charge on any atom is -0.456 e. The standard InChI is InChI=1S/C20H19NO6/c1-12-4-3-5-15(8-12)19(23)21-13(2)20(24)25-10-16(22)14-6-7-17-18(9-14)27-11-26-17/h3-9,13H,10-11H2,1-2H3,(H,21,23)/t13-/m0/s1. The Morgan fingerprint density at radius 3 is 2.63 bits per heavy atom. The number of nitrogens with one attached hydrogen (secondary N) is 1. The van der Waals surface area contributed by atoms with Gasteiger partial charge in [-0.15, -0.1) is 0 Å². The maximum atomic E-state index is 12.2. The Balaban J connectivity index is 1.52. The van der Waals surface area contributed by atoms with E-state index in [2.05, 4.69) is 5.32 Å². The van der Waals surface area contributed by atoms with E-state index in [0.717, 1.165) is 5.56 Å². The van der Waals surface area contributed by atoms with E-state index in [0.29, 0.717) is 22.6 Å². The van der Waals surface area contributed by atoms with Crippen molar-refractivity contribution in [2.45, 2.75) is 19.9 Å². The van der Waals surface area contributed by atoms with Gasteiger partial charge in [-0.25, -0.2) is 4.79 Å². The number of carbonyl (C=O) groups is 3. The smallest absolute Gasteiger partial charge is 0.328 e. The molecule has 0 unspecified atom stereocenters. The quantitative estimate of drug-likeness (QED) is 0.620. The van der Waals surface area contributed by atoms with Crippen LogP contribution in [0.5, 0.6) is 11.5 Å². The molecule has 0 saturated heterocycles. The number of hydrogen-bond acceptors (Lipinski definition) is 6. The van der Waals surface area contributed by atoms with Crippen LogP contribution in [0.15, 0.2) is 42.5 Å². The van der Waals surface area contributed by atoms with Gasteiger partial charge in [-0.3, -0.25) is 9.59 Å². The van der Waals surface area contributed by atoms with Crippen LogP contribution in [0.3, 0.4) is 0 Å². The van der Waals surface area contributed by atoms with E-state index in [1.807, 2.05) is 13.0 Å². The Morgan fingerprint density at radius 2 is 1.85 bits per heavy atom. The Kier molecular flexibility index (Phi) is 5.40. The number of carbonyl (C=O) groups excluding carboxylic acids is 3. The van der Waals surface area contributed by atoms with E-state index < -0.39 is 18.6 Å². The van der Waals surface area contributed by atoms with Gasteiger partial charge in [-0.1, -0.05) is 17.7 Å². The minimum absolute atomic E-state index is 0.111. The molecular formula is C20H19NO6. The number of hydrogen-bond donors (Lipinski definition) is 1. The lowest BCUT2D eigenvalue weighted by atomic mass is 10.1. The third-order valence-electron chi connectivity index (χ3n) is 4.02. The molecule has 0 fully saturated rings. The molecule has 1 atom stereocenters. The third-order valence-corrected chi connectivity index (χ3v) is 4.02. The normalized spacial score (nSPS) is 13.0. The highest BCUT2D eigenvalue weighted by molar-refractivity contribution is 5.99. The van der Waals surface area contributed by atoms with Crippen LogP contribution in [0.25, 0.3) is 0 Å². The molecule has 1 N–H and O–H groups in total. The summed E-state index contributed by atoms with van der Waals surface area (Å²) in [5, 5.41) is 2.56. The maximum absolute atomic E-state index is 12.2. The van der Waals surface area contributed by atoms with Crippen molar-refractivity contribution in [3.05, 3.63) is 59.2 Å². The molecule has 0 aromatic heterocycles. The largest absolute Gasteiger partial charge is 0.456 e. The van der Waals surface area contributed by atoms with Crippen molar-refractivity contribution in [3.63, 3.8) is 0 Å². The first-order valence-electron chi connectivity index (χ1n) is 8.41. The molecule has 7 nitrogen and oxygen atoms in total. The van der Waals surface area contributed by atoms with Crippen molar-refractivity contribution in [1.82, 2.24) is 5.32 Å². The highest BCUT2D eigenvalue weighted by Crippen LogP contribution is 2.32. The summed E-state index contributed by atoms with van der Waals surface area (Å²) in [6.07, 6.45) is 0. The molecule has 1 aliphatic heterocycles. The van der Waals surface area contributed by atoms with E-state index in [1.165, 1.54) is 6.92 Å². The van der Waals surface area contributed by atoms with Crippen LogP contribution in [-0.4, -0.2) is 37.1 Å². The van der Waals surface area contributed by atoms with E-state index in [9.17, 15) is 14.4 Å². The second-order valence-electron chi connectivity index (χ2n) is 6.16. The minimum atomic E-state index is -0.887. The molecule has 1 heterocycles. The molecule has 2 aromatic rings. The number of aryl methyl sites for hydroxylation is 1. The topological polar surface area (TPSA) is 90.9 Å². The van der Waals surface area contributed by atoms with Crippen molar-refractivity contribution < 1.29 is 28.6 Å². The monoisotopic (exact) mass is 369 g/mol. The molecule has 2 aromatic carbocycles. The van der Waals surface area contributed by atoms with Crippen molar-refractivity contribution >= 4 is 17.7 Å². The molecule has 0 spiro atoms. The number of fused-ring (bicyclic) bond motifs is 1. The van der Waals surface area contributed by atoms with Gasteiger partial charge in [0.05, 0.1) is 0 Å². The molecule has 1 aliphatic rings. The molecule has 0 saturated carbocycles. The van der Waals surface area contributed by atoms with Crippen LogP contribution in [0.1, 0.15) is 33.2 Å². The van der Waals surface area contributed by atoms with Crippen molar-refractivity contribution in [3.8, 4) is 11.5 Å². The molecule has 7 heteroatoms. The molecule has 3 rings (SSSR count). The van der Waals surface area contributed by atoms with E-state index in [4.69, 9.17) is 14.2 Å². The van der Waals surface area contributed by atoms with Gasteiger partial charge in [-0.2, -0.15) is 0 Å². The fourth-order valence-corrected chi connectivity index (χ4v) is 2.54. The second-order valence-corrected chi connectivity index (χ2v) is 6.16. The van der Waals surface area contributed by atoms with Gasteiger partial charge in [0.2, 0.25) is 6.79 Å². The lowest BCUT2D eigenvalue weighted by Crippen LogP contribution is -2.40. The van der Waals surface area contributed by atoms with Crippen LogP contribution < -0.4 is 14.8 Å². The third kappa shape index (κ3) is 4.44. The molecule has 0 aliphatic carbocycles. The summed E-state index contributed by atoms with van der Waals surface area (Å²) >= 11 is 0. The zero-order valence-electron chi connectivity index (χ0n) is 15.0. The Hall–Kier alpha value is -3.35. The molecule has 1 amide bonds. The number of rotatable bonds is 6. The summed E-state index contributed by atoms with van der Waals surface area (Å²) in [5.74, 6) is -0.406. The predicted octanol–water partition coefficient (Wildman–Crippen LogP) is 2.27. The summed E-state index contributed by atoms with van der Waals surface area (Å²) in [6.45, 7) is 3.06. The van der Waals surface area contributed by atoms with E-state index in [1.54, 1.807) is 36.4 Å². The Morgan fingerprint density at radius 1 is 1.07 bits per heavy atom. The van der Waals surface area contributed by atoms with Crippen molar-refractivity contribution in [2.24, 2.45) is 0 Å². The highest BCUT2D eigenvalue weighted by atomic mass is 16.7. The maximum Gasteiger partial charge on any atom is 0.328 e. The van der Waals surface area contributed by atoms with Crippen LogP contribution in [0.4, 0.5) is 0 Å². The van der Waals surface area contributed by atoms with Gasteiger partial charge in [0.15, 0.2) is 23.9 Å². The van der Waals surface area contributed by atoms with Gasteiger partial charge in [-0.05, 0) is 44.2 Å². The van der Waals surface area contributed by atoms with Gasteiger partial charge >= 0.3 is 5.97 Å². The number of ketones is 1. The Labute approximate surface area is 156 Å². The fourth-order valence-electron chi connectivity index (χ4n) is 2.54. The predicted molar refractivity (Wildman–Crippen MR) is 96.0 cm³/mol. The van der Waals surface area contributed by atoms with E-state index >= 15 is 0 Å². The average molecular weight is 369 g/mol. The van der Waals surface area contributed by atoms with Crippen molar-refractivity contribution in [1.29, 1.82) is 0 Å². The number of esters is 1. The first-order chi connectivity index (χ1) is 12.9. The average Bonchev–Trinajstić information content (AvgIpc) is 3.13. The van der Waals surface area contributed by atoms with Gasteiger partial charge in [0.25, 0.3) is 5.91 Å². The van der Waals surface area contributed by atoms with Gasteiger partial charge in [0, 0.05) is 11.1 Å². The van der Waals surface area contributed by atoms with Gasteiger partial charge in [0.1, 0.15) is 6.04 Å². The fraction of sp³-hybridized carbons (Fsp3) is 0.250. The number of Topliss-reactive ketones (excluding diaryl/α,β-unsaturated/α-hetero) is 1. The molecular weight excluding hydrogens is 350 g/mol. The number of benzene rings is 2. The van der Waals surface area contributed by atoms with Crippen LogP contribution >= 0.6 is 0 Å². The summed E-state index contributed by atoms with van der Waals surface area (Å²) < 4.78 is 15.4. The van der Waals surface area contributed by atoms with Crippen LogP contribution in [-0.2, 0) is 9.53 Å². The first kappa shape index (κ1) is 18.4. The zero-order valence-corrected chi connectivity index (χ0v) is 15.0. The number of amides is 1. The lowest BCUT2D eigenvalue weighted by Gasteiger charge is -2.13. The lowest BCUT2D eigenvalue weighted by molar-refractivity contribution is -0.144. The molecule has 27 heavy (non-hydrogen) atoms. The summed E-state index contributed by atoms with van der Waals surface area (Å²) in [7, 11) is 0. The number of ether oxygens (including phenoxy) is 3. The highest BCUT2D eigenvalue weighted by Gasteiger charge is 2.21. The molecule has 0 radical (unpaired) electrons.